The molecule has 0 aliphatic carbocycles. The lowest BCUT2D eigenvalue weighted by molar-refractivity contribution is -0.117. The number of carbonyl (C=O) groups is 1. The lowest BCUT2D eigenvalue weighted by atomic mass is 10.2. The molecule has 128 valence electrons. The van der Waals surface area contributed by atoms with Gasteiger partial charge >= 0.3 is 0 Å². The first-order valence-corrected chi connectivity index (χ1v) is 8.65. The summed E-state index contributed by atoms with van der Waals surface area (Å²) in [5.41, 5.74) is -0.0399. The number of benzene rings is 2. The summed E-state index contributed by atoms with van der Waals surface area (Å²) >= 11 is 0. The highest BCUT2D eigenvalue weighted by Crippen LogP contribution is 2.15. The fourth-order valence-corrected chi connectivity index (χ4v) is 3.25. The number of carbonyl (C=O) groups excluding carboxylic acids is 1. The first-order chi connectivity index (χ1) is 11.3. The monoisotopic (exact) mass is 354 g/mol. The van der Waals surface area contributed by atoms with Crippen LogP contribution in [0.25, 0.3) is 0 Å². The van der Waals surface area contributed by atoms with E-state index in [1.54, 1.807) is 13.0 Å². The number of hydrogen-bond acceptors (Lipinski definition) is 3. The van der Waals surface area contributed by atoms with Crippen molar-refractivity contribution in [1.82, 2.24) is 4.72 Å². The smallest absolute Gasteiger partial charge is 0.242 e. The normalized spacial score (nSPS) is 12.6. The van der Waals surface area contributed by atoms with Crippen LogP contribution in [0.4, 0.5) is 14.5 Å². The SMILES string of the molecule is CCC(NS(=O)(=O)c1ccc(F)cc1)C(=O)Nc1ccccc1F. The van der Waals surface area contributed by atoms with Gasteiger partial charge < -0.3 is 5.32 Å². The minimum Gasteiger partial charge on any atom is -0.322 e. The molecule has 2 aromatic rings. The quantitative estimate of drug-likeness (QED) is 0.837. The Hall–Kier alpha value is -2.32. The molecule has 8 heteroatoms. The second kappa shape index (κ2) is 7.50. The van der Waals surface area contributed by atoms with E-state index in [0.29, 0.717) is 0 Å². The van der Waals surface area contributed by atoms with Crippen LogP contribution in [0.1, 0.15) is 13.3 Å². The van der Waals surface area contributed by atoms with Gasteiger partial charge in [0.2, 0.25) is 15.9 Å². The van der Waals surface area contributed by atoms with Gasteiger partial charge in [0.05, 0.1) is 10.6 Å². The van der Waals surface area contributed by atoms with Crippen molar-refractivity contribution in [2.45, 2.75) is 24.3 Å². The number of para-hydroxylation sites is 1. The van der Waals surface area contributed by atoms with Gasteiger partial charge in [-0.25, -0.2) is 17.2 Å². The molecule has 0 aromatic heterocycles. The van der Waals surface area contributed by atoms with Gasteiger partial charge in [0.25, 0.3) is 0 Å². The van der Waals surface area contributed by atoms with Crippen molar-refractivity contribution < 1.29 is 22.0 Å². The summed E-state index contributed by atoms with van der Waals surface area (Å²) in [5, 5.41) is 2.34. The standard InChI is InChI=1S/C16H16F2N2O3S/c1-2-14(16(21)19-15-6-4-3-5-13(15)18)20-24(22,23)12-9-7-11(17)8-10-12/h3-10,14,20H,2H2,1H3,(H,19,21). The molecule has 2 N–H and O–H groups in total. The second-order valence-corrected chi connectivity index (χ2v) is 6.72. The number of nitrogens with one attached hydrogen (secondary N) is 2. The van der Waals surface area contributed by atoms with Crippen molar-refractivity contribution in [2.24, 2.45) is 0 Å². The van der Waals surface area contributed by atoms with E-state index in [-0.39, 0.29) is 17.0 Å². The third kappa shape index (κ3) is 4.36. The van der Waals surface area contributed by atoms with Gasteiger partial charge in [-0.15, -0.1) is 0 Å². The predicted octanol–water partition coefficient (Wildman–Crippen LogP) is 2.66. The van der Waals surface area contributed by atoms with Gasteiger partial charge in [-0.2, -0.15) is 4.72 Å². The lowest BCUT2D eigenvalue weighted by Crippen LogP contribution is -2.43. The zero-order valence-electron chi connectivity index (χ0n) is 12.8. The van der Waals surface area contributed by atoms with Crippen molar-refractivity contribution in [2.75, 3.05) is 5.32 Å². The zero-order valence-corrected chi connectivity index (χ0v) is 13.6. The number of anilines is 1. The van der Waals surface area contributed by atoms with E-state index >= 15 is 0 Å². The van der Waals surface area contributed by atoms with Crippen LogP contribution in [-0.4, -0.2) is 20.4 Å². The summed E-state index contributed by atoms with van der Waals surface area (Å²) in [6, 6.07) is 8.68. The van der Waals surface area contributed by atoms with Crippen molar-refractivity contribution in [1.29, 1.82) is 0 Å². The minimum atomic E-state index is -4.01. The van der Waals surface area contributed by atoms with E-state index in [0.717, 1.165) is 24.3 Å². The molecule has 0 spiro atoms. The van der Waals surface area contributed by atoms with E-state index < -0.39 is 33.6 Å². The topological polar surface area (TPSA) is 75.3 Å². The van der Waals surface area contributed by atoms with Crippen LogP contribution in [0.5, 0.6) is 0 Å². The van der Waals surface area contributed by atoms with Crippen LogP contribution < -0.4 is 10.0 Å². The maximum atomic E-state index is 13.6. The van der Waals surface area contributed by atoms with Crippen LogP contribution >= 0.6 is 0 Å². The molecule has 2 aromatic carbocycles. The molecule has 1 amide bonds. The highest BCUT2D eigenvalue weighted by Gasteiger charge is 2.25. The Morgan fingerprint density at radius 2 is 1.71 bits per heavy atom. The average Bonchev–Trinajstić information content (AvgIpc) is 2.55. The van der Waals surface area contributed by atoms with Gasteiger partial charge in [-0.3, -0.25) is 4.79 Å². The molecular weight excluding hydrogens is 338 g/mol. The van der Waals surface area contributed by atoms with Gasteiger partial charge in [-0.05, 0) is 42.8 Å². The molecule has 5 nitrogen and oxygen atoms in total. The molecular formula is C16H16F2N2O3S. The van der Waals surface area contributed by atoms with Gasteiger partial charge in [0.1, 0.15) is 17.7 Å². The summed E-state index contributed by atoms with van der Waals surface area (Å²) in [4.78, 5) is 12.0. The van der Waals surface area contributed by atoms with Crippen LogP contribution in [0.15, 0.2) is 53.4 Å². The molecule has 24 heavy (non-hydrogen) atoms. The Morgan fingerprint density at radius 1 is 1.08 bits per heavy atom. The van der Waals surface area contributed by atoms with Crippen LogP contribution in [0, 0.1) is 11.6 Å². The largest absolute Gasteiger partial charge is 0.322 e. The first kappa shape index (κ1) is 18.0. The number of hydrogen-bond donors (Lipinski definition) is 2. The fourth-order valence-electron chi connectivity index (χ4n) is 1.97. The van der Waals surface area contributed by atoms with Crippen molar-refractivity contribution >= 4 is 21.6 Å². The maximum absolute atomic E-state index is 13.6. The summed E-state index contributed by atoms with van der Waals surface area (Å²) in [5.74, 6) is -1.88. The van der Waals surface area contributed by atoms with E-state index in [4.69, 9.17) is 0 Å². The lowest BCUT2D eigenvalue weighted by Gasteiger charge is -2.17. The summed E-state index contributed by atoms with van der Waals surface area (Å²) in [6.07, 6.45) is 0.153. The highest BCUT2D eigenvalue weighted by molar-refractivity contribution is 7.89. The van der Waals surface area contributed by atoms with E-state index in [2.05, 4.69) is 10.0 Å². The number of rotatable bonds is 6. The van der Waals surface area contributed by atoms with Gasteiger partial charge in [0.15, 0.2) is 0 Å². The third-order valence-electron chi connectivity index (χ3n) is 3.28. The second-order valence-electron chi connectivity index (χ2n) is 5.01. The van der Waals surface area contributed by atoms with Crippen LogP contribution in [-0.2, 0) is 14.8 Å². The van der Waals surface area contributed by atoms with E-state index in [1.165, 1.54) is 18.2 Å². The van der Waals surface area contributed by atoms with Gasteiger partial charge in [0, 0.05) is 0 Å². The molecule has 0 aliphatic rings. The molecule has 1 unspecified atom stereocenters. The number of halogens is 2. The molecule has 0 saturated carbocycles. The Kier molecular flexibility index (Phi) is 5.63. The van der Waals surface area contributed by atoms with E-state index in [9.17, 15) is 22.0 Å². The van der Waals surface area contributed by atoms with Crippen LogP contribution in [0.3, 0.4) is 0 Å². The maximum Gasteiger partial charge on any atom is 0.242 e. The Morgan fingerprint density at radius 3 is 2.29 bits per heavy atom. The average molecular weight is 354 g/mol. The predicted molar refractivity (Wildman–Crippen MR) is 85.8 cm³/mol. The van der Waals surface area contributed by atoms with Crippen LogP contribution in [0.2, 0.25) is 0 Å². The molecule has 0 aliphatic heterocycles. The molecule has 0 heterocycles. The molecule has 0 fully saturated rings. The minimum absolute atomic E-state index is 0.0399. The van der Waals surface area contributed by atoms with Gasteiger partial charge in [-0.1, -0.05) is 19.1 Å². The Bertz CT molecular complexity index is 823. The Labute approximate surface area is 138 Å². The first-order valence-electron chi connectivity index (χ1n) is 7.17. The Balaban J connectivity index is 2.15. The number of sulfonamides is 1. The summed E-state index contributed by atoms with van der Waals surface area (Å²) in [7, 11) is -4.01. The molecule has 1 atom stereocenters. The molecule has 2 rings (SSSR count). The fraction of sp³-hybridized carbons (Fsp3) is 0.188. The summed E-state index contributed by atoms with van der Waals surface area (Å²) in [6.45, 7) is 1.61. The van der Waals surface area contributed by atoms with Crippen molar-refractivity contribution in [3.63, 3.8) is 0 Å². The van der Waals surface area contributed by atoms with E-state index in [1.807, 2.05) is 0 Å². The molecule has 0 radical (unpaired) electrons. The molecule has 0 bridgehead atoms. The third-order valence-corrected chi connectivity index (χ3v) is 4.77. The number of amides is 1. The highest BCUT2D eigenvalue weighted by atomic mass is 32.2. The zero-order chi connectivity index (χ0) is 17.7. The summed E-state index contributed by atoms with van der Waals surface area (Å²) < 4.78 is 53.2. The molecule has 0 saturated heterocycles. The van der Waals surface area contributed by atoms with Crippen molar-refractivity contribution in [3.05, 3.63) is 60.2 Å². The van der Waals surface area contributed by atoms with Crippen molar-refractivity contribution in [3.8, 4) is 0 Å².